The van der Waals surface area contributed by atoms with Crippen molar-refractivity contribution in [2.45, 2.75) is 19.4 Å². The number of carbonyl (C=O) groups is 1. The molecule has 1 aliphatic heterocycles. The Morgan fingerprint density at radius 2 is 1.72 bits per heavy atom. The van der Waals surface area contributed by atoms with Gasteiger partial charge in [0, 0.05) is 36.9 Å². The molecule has 0 spiro atoms. The third kappa shape index (κ3) is 4.84. The molecule has 8 nitrogen and oxygen atoms in total. The monoisotopic (exact) mass is 484 g/mol. The Hall–Kier alpha value is -4.46. The molecule has 1 amide bonds. The van der Waals surface area contributed by atoms with Crippen molar-refractivity contribution in [3.8, 4) is 28.5 Å². The van der Waals surface area contributed by atoms with Crippen molar-refractivity contribution < 1.29 is 19.7 Å². The van der Waals surface area contributed by atoms with E-state index < -0.39 is 0 Å². The van der Waals surface area contributed by atoms with Crippen LogP contribution in [0.15, 0.2) is 72.8 Å². The molecule has 8 heteroatoms. The van der Waals surface area contributed by atoms with Crippen molar-refractivity contribution in [3.63, 3.8) is 0 Å². The van der Waals surface area contributed by atoms with Gasteiger partial charge >= 0.3 is 0 Å². The number of carbonyl (C=O) groups excluding carboxylic acids is 1. The fraction of sp³-hybridized carbons (Fsp3) is 0.214. The fourth-order valence-electron chi connectivity index (χ4n) is 4.44. The Bertz CT molecular complexity index is 1360. The normalized spacial score (nSPS) is 13.1. The molecule has 1 aliphatic rings. The number of nitrogens with zero attached hydrogens (tertiary/aromatic N) is 3. The van der Waals surface area contributed by atoms with Crippen molar-refractivity contribution in [2.75, 3.05) is 25.5 Å². The third-order valence-electron chi connectivity index (χ3n) is 6.31. The minimum absolute atomic E-state index is 0.133. The molecular weight excluding hydrogens is 456 g/mol. The number of phenolic OH excluding ortho intramolecular Hbond substituents is 2. The minimum atomic E-state index is -0.267. The second-order valence-corrected chi connectivity index (χ2v) is 8.80. The fourth-order valence-corrected chi connectivity index (χ4v) is 4.44. The van der Waals surface area contributed by atoms with E-state index in [9.17, 15) is 15.0 Å². The number of methoxy groups -OCH3 is 1. The van der Waals surface area contributed by atoms with Crippen molar-refractivity contribution in [3.05, 3.63) is 83.9 Å². The van der Waals surface area contributed by atoms with Crippen molar-refractivity contribution in [1.29, 1.82) is 0 Å². The Kier molecular flexibility index (Phi) is 6.49. The number of nitrogens with one attached hydrogen (secondary N) is 1. The maximum atomic E-state index is 13.3. The lowest BCUT2D eigenvalue weighted by molar-refractivity contribution is 0.0791. The number of hydrogen-bond acceptors (Lipinski definition) is 6. The number of benzene rings is 3. The summed E-state index contributed by atoms with van der Waals surface area (Å²) in [5.74, 6) is 0.710. The van der Waals surface area contributed by atoms with Crippen LogP contribution in [0.3, 0.4) is 0 Å². The molecule has 1 saturated heterocycles. The molecule has 0 saturated carbocycles. The average Bonchev–Trinajstić information content (AvgIpc) is 3.55. The van der Waals surface area contributed by atoms with Crippen LogP contribution in [-0.2, 0) is 6.54 Å². The SMILES string of the molecule is COc1ccc(Cn2nc(-c3ccccc3)cc2Nc2cc(O)cc(O)c2C(=O)N2CCCC2)cc1. The number of likely N-dealkylation sites (tertiary alicyclic amines) is 1. The predicted octanol–water partition coefficient (Wildman–Crippen LogP) is 5.00. The van der Waals surface area contributed by atoms with Gasteiger partial charge in [0.2, 0.25) is 0 Å². The maximum absolute atomic E-state index is 13.3. The zero-order chi connectivity index (χ0) is 25.1. The number of amides is 1. The van der Waals surface area contributed by atoms with Gasteiger partial charge in [-0.2, -0.15) is 5.10 Å². The van der Waals surface area contributed by atoms with Gasteiger partial charge in [-0.25, -0.2) is 4.68 Å². The smallest absolute Gasteiger partial charge is 0.259 e. The highest BCUT2D eigenvalue weighted by Crippen LogP contribution is 2.35. The summed E-state index contributed by atoms with van der Waals surface area (Å²) in [5.41, 5.74) is 3.16. The molecule has 0 unspecified atom stereocenters. The highest BCUT2D eigenvalue weighted by Gasteiger charge is 2.26. The Balaban J connectivity index is 1.54. The first kappa shape index (κ1) is 23.3. The van der Waals surface area contributed by atoms with Crippen LogP contribution in [0, 0.1) is 0 Å². The first-order valence-electron chi connectivity index (χ1n) is 11.9. The lowest BCUT2D eigenvalue weighted by atomic mass is 10.1. The van der Waals surface area contributed by atoms with E-state index in [1.807, 2.05) is 60.7 Å². The zero-order valence-electron chi connectivity index (χ0n) is 20.0. The van der Waals surface area contributed by atoms with Crippen LogP contribution in [0.4, 0.5) is 11.5 Å². The van der Waals surface area contributed by atoms with E-state index in [-0.39, 0.29) is 23.0 Å². The number of rotatable bonds is 7. The standard InChI is InChI=1S/C28H28N4O4/c1-36-22-11-9-19(10-12-22)18-32-26(17-23(30-32)20-7-3-2-4-8-20)29-24-15-21(33)16-25(34)27(24)28(35)31-13-5-6-14-31/h2-4,7-12,15-17,29,33-34H,5-6,13-14,18H2,1H3. The molecule has 36 heavy (non-hydrogen) atoms. The average molecular weight is 485 g/mol. The quantitative estimate of drug-likeness (QED) is 0.341. The summed E-state index contributed by atoms with van der Waals surface area (Å²) in [6.45, 7) is 1.75. The van der Waals surface area contributed by atoms with Crippen LogP contribution in [0.2, 0.25) is 0 Å². The van der Waals surface area contributed by atoms with Gasteiger partial charge in [0.1, 0.15) is 28.6 Å². The summed E-state index contributed by atoms with van der Waals surface area (Å²) in [6.07, 6.45) is 1.87. The van der Waals surface area contributed by atoms with Gasteiger partial charge in [-0.3, -0.25) is 4.79 Å². The number of anilines is 2. The maximum Gasteiger partial charge on any atom is 0.259 e. The van der Waals surface area contributed by atoms with Gasteiger partial charge in [-0.1, -0.05) is 42.5 Å². The van der Waals surface area contributed by atoms with Crippen LogP contribution in [0.5, 0.6) is 17.2 Å². The Morgan fingerprint density at radius 3 is 2.42 bits per heavy atom. The molecule has 0 bridgehead atoms. The van der Waals surface area contributed by atoms with E-state index >= 15 is 0 Å². The van der Waals surface area contributed by atoms with Crippen LogP contribution >= 0.6 is 0 Å². The first-order valence-corrected chi connectivity index (χ1v) is 11.9. The molecule has 4 aromatic rings. The van der Waals surface area contributed by atoms with E-state index in [4.69, 9.17) is 9.84 Å². The molecular formula is C28H28N4O4. The molecule has 3 N–H and O–H groups in total. The number of ether oxygens (including phenoxy) is 1. The summed E-state index contributed by atoms with van der Waals surface area (Å²) in [5, 5.41) is 28.9. The molecule has 5 rings (SSSR count). The van der Waals surface area contributed by atoms with Gasteiger partial charge in [0.05, 0.1) is 25.0 Å². The van der Waals surface area contributed by atoms with Gasteiger partial charge in [-0.05, 0) is 30.5 Å². The van der Waals surface area contributed by atoms with Crippen LogP contribution in [-0.4, -0.2) is 51.0 Å². The summed E-state index contributed by atoms with van der Waals surface area (Å²) in [6, 6.07) is 22.1. The summed E-state index contributed by atoms with van der Waals surface area (Å²) in [4.78, 5) is 15.0. The van der Waals surface area contributed by atoms with Gasteiger partial charge < -0.3 is 25.2 Å². The van der Waals surface area contributed by atoms with E-state index in [1.165, 1.54) is 12.1 Å². The van der Waals surface area contributed by atoms with E-state index in [0.717, 1.165) is 35.4 Å². The topological polar surface area (TPSA) is 99.9 Å². The highest BCUT2D eigenvalue weighted by atomic mass is 16.5. The molecule has 2 heterocycles. The van der Waals surface area contributed by atoms with E-state index in [1.54, 1.807) is 16.7 Å². The largest absolute Gasteiger partial charge is 0.508 e. The van der Waals surface area contributed by atoms with Crippen LogP contribution in [0.25, 0.3) is 11.3 Å². The molecule has 0 aliphatic carbocycles. The van der Waals surface area contributed by atoms with Crippen molar-refractivity contribution in [1.82, 2.24) is 14.7 Å². The molecule has 184 valence electrons. The highest BCUT2D eigenvalue weighted by molar-refractivity contribution is 6.03. The minimum Gasteiger partial charge on any atom is -0.508 e. The lowest BCUT2D eigenvalue weighted by Crippen LogP contribution is -2.28. The summed E-state index contributed by atoms with van der Waals surface area (Å²) < 4.78 is 7.07. The van der Waals surface area contributed by atoms with Crippen LogP contribution < -0.4 is 10.1 Å². The predicted molar refractivity (Wildman–Crippen MR) is 138 cm³/mol. The van der Waals surface area contributed by atoms with E-state index in [0.29, 0.717) is 31.1 Å². The summed E-state index contributed by atoms with van der Waals surface area (Å²) >= 11 is 0. The van der Waals surface area contributed by atoms with E-state index in [2.05, 4.69) is 5.32 Å². The Morgan fingerprint density at radius 1 is 1.00 bits per heavy atom. The van der Waals surface area contributed by atoms with Gasteiger partial charge in [0.15, 0.2) is 0 Å². The molecule has 1 fully saturated rings. The number of aromatic hydroxyl groups is 2. The van der Waals surface area contributed by atoms with Crippen LogP contribution in [0.1, 0.15) is 28.8 Å². The van der Waals surface area contributed by atoms with Gasteiger partial charge in [0.25, 0.3) is 5.91 Å². The second kappa shape index (κ2) is 10.0. The van der Waals surface area contributed by atoms with Gasteiger partial charge in [-0.15, -0.1) is 0 Å². The lowest BCUT2D eigenvalue weighted by Gasteiger charge is -2.20. The second-order valence-electron chi connectivity index (χ2n) is 8.80. The molecule has 0 atom stereocenters. The molecule has 0 radical (unpaired) electrons. The number of aromatic nitrogens is 2. The zero-order valence-corrected chi connectivity index (χ0v) is 20.0. The first-order chi connectivity index (χ1) is 17.5. The van der Waals surface area contributed by atoms with Crippen molar-refractivity contribution in [2.24, 2.45) is 0 Å². The van der Waals surface area contributed by atoms with Crippen molar-refractivity contribution >= 4 is 17.4 Å². The summed E-state index contributed by atoms with van der Waals surface area (Å²) in [7, 11) is 1.63. The number of hydrogen-bond donors (Lipinski definition) is 3. The molecule has 3 aromatic carbocycles. The number of phenols is 2. The third-order valence-corrected chi connectivity index (χ3v) is 6.31. The Labute approximate surface area is 209 Å². The molecule has 1 aromatic heterocycles.